The second-order valence-electron chi connectivity index (χ2n) is 8.63. The zero-order valence-corrected chi connectivity index (χ0v) is 19.6. The lowest BCUT2D eigenvalue weighted by atomic mass is 10.0. The molecule has 1 unspecified atom stereocenters. The van der Waals surface area contributed by atoms with Gasteiger partial charge in [-0.15, -0.1) is 0 Å². The minimum absolute atomic E-state index is 0.0845. The summed E-state index contributed by atoms with van der Waals surface area (Å²) in [5.41, 5.74) is 4.06. The average Bonchev–Trinajstić information content (AvgIpc) is 3.39. The van der Waals surface area contributed by atoms with Gasteiger partial charge in [-0.1, -0.05) is 66.7 Å². The first-order valence-electron chi connectivity index (χ1n) is 11.3. The van der Waals surface area contributed by atoms with E-state index in [2.05, 4.69) is 15.3 Å². The summed E-state index contributed by atoms with van der Waals surface area (Å²) >= 11 is 0. The molecule has 35 heavy (non-hydrogen) atoms. The van der Waals surface area contributed by atoms with Crippen molar-refractivity contribution >= 4 is 32.9 Å². The van der Waals surface area contributed by atoms with Crippen LogP contribution in [0.4, 0.5) is 0 Å². The Morgan fingerprint density at radius 2 is 1.69 bits per heavy atom. The van der Waals surface area contributed by atoms with E-state index in [9.17, 15) is 18.0 Å². The van der Waals surface area contributed by atoms with E-state index in [1.807, 2.05) is 71.5 Å². The summed E-state index contributed by atoms with van der Waals surface area (Å²) in [5.74, 6) is 0.0231. The van der Waals surface area contributed by atoms with Gasteiger partial charge in [0.25, 0.3) is 0 Å². The molecule has 2 atom stereocenters. The monoisotopic (exact) mass is 488 g/mol. The number of imidazole rings is 1. The van der Waals surface area contributed by atoms with E-state index in [1.54, 1.807) is 12.1 Å². The summed E-state index contributed by atoms with van der Waals surface area (Å²) in [6.45, 7) is 0. The number of hydrogen-bond acceptors (Lipinski definition) is 5. The van der Waals surface area contributed by atoms with Crippen LogP contribution in [0.3, 0.4) is 0 Å². The third-order valence-electron chi connectivity index (χ3n) is 6.07. The van der Waals surface area contributed by atoms with Crippen molar-refractivity contribution in [3.8, 4) is 0 Å². The van der Waals surface area contributed by atoms with E-state index in [1.165, 1.54) is 0 Å². The van der Waals surface area contributed by atoms with Gasteiger partial charge in [-0.05, 0) is 35.2 Å². The highest BCUT2D eigenvalue weighted by Crippen LogP contribution is 2.30. The maximum Gasteiger partial charge on any atom is 0.242 e. The number of amides is 2. The summed E-state index contributed by atoms with van der Waals surface area (Å²) in [6.07, 6.45) is 0.616. The second kappa shape index (κ2) is 9.34. The third-order valence-corrected chi connectivity index (χ3v) is 7.77. The number of H-pyrrole nitrogens is 1. The number of carbonyl (C=O) groups excluding carboxylic acids is 2. The van der Waals surface area contributed by atoms with E-state index in [0.29, 0.717) is 17.8 Å². The van der Waals surface area contributed by atoms with Crippen LogP contribution >= 0.6 is 0 Å². The van der Waals surface area contributed by atoms with Gasteiger partial charge in [0.05, 0.1) is 29.9 Å². The number of sulfonamides is 1. The van der Waals surface area contributed by atoms with Gasteiger partial charge in [0.15, 0.2) is 0 Å². The van der Waals surface area contributed by atoms with Crippen molar-refractivity contribution in [2.75, 3.05) is 0 Å². The number of aromatic amines is 1. The average molecular weight is 489 g/mol. The van der Waals surface area contributed by atoms with E-state index in [4.69, 9.17) is 0 Å². The van der Waals surface area contributed by atoms with E-state index < -0.39 is 27.2 Å². The number of rotatable bonds is 7. The summed E-state index contributed by atoms with van der Waals surface area (Å²) in [5, 5.41) is 2.21. The fraction of sp³-hybridized carbons (Fsp3) is 0.192. The number of benzene rings is 3. The number of aromatic nitrogens is 2. The normalized spacial score (nSPS) is 17.7. The predicted molar refractivity (Wildman–Crippen MR) is 132 cm³/mol. The maximum atomic E-state index is 12.9. The fourth-order valence-corrected chi connectivity index (χ4v) is 5.76. The van der Waals surface area contributed by atoms with Crippen molar-refractivity contribution in [3.05, 3.63) is 101 Å². The Hall–Kier alpha value is -3.98. The molecule has 1 aromatic heterocycles. The molecule has 1 saturated heterocycles. The molecule has 8 nitrogen and oxygen atoms in total. The van der Waals surface area contributed by atoms with Gasteiger partial charge in [-0.3, -0.25) is 14.3 Å². The number of hydrogen-bond donors (Lipinski definition) is 3. The van der Waals surface area contributed by atoms with Crippen LogP contribution in [0.5, 0.6) is 0 Å². The SMILES string of the molecule is O=C(Cc1ccccc1)N[C@@H](Cc1ccc(C2CC(=O)NS2(=O)=O)cc1)c1nc2ccccc2[nH]1. The van der Waals surface area contributed by atoms with Gasteiger partial charge < -0.3 is 10.3 Å². The van der Waals surface area contributed by atoms with Crippen molar-refractivity contribution in [2.24, 2.45) is 0 Å². The molecule has 0 spiro atoms. The van der Waals surface area contributed by atoms with Crippen LogP contribution in [-0.4, -0.2) is 30.2 Å². The summed E-state index contributed by atoms with van der Waals surface area (Å²) in [4.78, 5) is 32.4. The minimum atomic E-state index is -3.70. The second-order valence-corrected chi connectivity index (χ2v) is 10.5. The molecule has 1 fully saturated rings. The lowest BCUT2D eigenvalue weighted by molar-refractivity contribution is -0.121. The Morgan fingerprint density at radius 3 is 2.37 bits per heavy atom. The molecule has 2 heterocycles. The van der Waals surface area contributed by atoms with Gasteiger partial charge >= 0.3 is 0 Å². The highest BCUT2D eigenvalue weighted by atomic mass is 32.2. The molecular formula is C26H24N4O4S. The standard InChI is InChI=1S/C26H24N4O4S/c31-24(15-17-6-2-1-3-7-17)27-22(26-28-20-8-4-5-9-21(20)29-26)14-18-10-12-19(13-11-18)23-16-25(32)30-35(23,33)34/h1-13,22-23H,14-16H2,(H,27,31)(H,28,29)(H,30,32)/t22-,23?/m0/s1. The van der Waals surface area contributed by atoms with Gasteiger partial charge in [0.1, 0.15) is 11.1 Å². The molecule has 178 valence electrons. The highest BCUT2D eigenvalue weighted by Gasteiger charge is 2.37. The largest absolute Gasteiger partial charge is 0.346 e. The highest BCUT2D eigenvalue weighted by molar-refractivity contribution is 7.90. The number of carbonyl (C=O) groups is 2. The zero-order chi connectivity index (χ0) is 24.4. The molecule has 0 bridgehead atoms. The quantitative estimate of drug-likeness (QED) is 0.369. The molecule has 3 N–H and O–H groups in total. The van der Waals surface area contributed by atoms with Gasteiger partial charge in [-0.25, -0.2) is 13.4 Å². The van der Waals surface area contributed by atoms with E-state index >= 15 is 0 Å². The number of fused-ring (bicyclic) bond motifs is 1. The maximum absolute atomic E-state index is 12.9. The molecular weight excluding hydrogens is 464 g/mol. The van der Waals surface area contributed by atoms with Gasteiger partial charge in [0.2, 0.25) is 21.8 Å². The molecule has 1 aliphatic rings. The Bertz CT molecular complexity index is 1450. The van der Waals surface area contributed by atoms with Crippen LogP contribution in [0.1, 0.15) is 40.2 Å². The van der Waals surface area contributed by atoms with Crippen molar-refractivity contribution in [3.63, 3.8) is 0 Å². The molecule has 0 saturated carbocycles. The molecule has 5 rings (SSSR count). The van der Waals surface area contributed by atoms with Crippen LogP contribution < -0.4 is 10.0 Å². The van der Waals surface area contributed by atoms with Crippen LogP contribution in [0.15, 0.2) is 78.9 Å². The van der Waals surface area contributed by atoms with Crippen LogP contribution in [-0.2, 0) is 32.5 Å². The van der Waals surface area contributed by atoms with Gasteiger partial charge in [0, 0.05) is 0 Å². The van der Waals surface area contributed by atoms with Crippen LogP contribution in [0, 0.1) is 0 Å². The fourth-order valence-electron chi connectivity index (χ4n) is 4.33. The molecule has 0 aliphatic carbocycles. The Kier molecular flexibility index (Phi) is 6.08. The lowest BCUT2D eigenvalue weighted by Crippen LogP contribution is -2.32. The molecule has 9 heteroatoms. The smallest absolute Gasteiger partial charge is 0.242 e. The zero-order valence-electron chi connectivity index (χ0n) is 18.8. The number of para-hydroxylation sites is 2. The summed E-state index contributed by atoms with van der Waals surface area (Å²) in [7, 11) is -3.70. The number of nitrogens with one attached hydrogen (secondary N) is 3. The predicted octanol–water partition coefficient (Wildman–Crippen LogP) is 3.10. The summed E-state index contributed by atoms with van der Waals surface area (Å²) < 4.78 is 26.4. The first kappa shape index (κ1) is 22.8. The molecule has 0 radical (unpaired) electrons. The topological polar surface area (TPSA) is 121 Å². The first-order valence-corrected chi connectivity index (χ1v) is 12.8. The van der Waals surface area contributed by atoms with E-state index in [0.717, 1.165) is 22.2 Å². The van der Waals surface area contributed by atoms with Gasteiger partial charge in [-0.2, -0.15) is 0 Å². The van der Waals surface area contributed by atoms with E-state index in [-0.39, 0.29) is 18.7 Å². The van der Waals surface area contributed by atoms with Crippen molar-refractivity contribution < 1.29 is 18.0 Å². The molecule has 2 amide bonds. The summed E-state index contributed by atoms with van der Waals surface area (Å²) in [6, 6.07) is 23.9. The minimum Gasteiger partial charge on any atom is -0.346 e. The lowest BCUT2D eigenvalue weighted by Gasteiger charge is -2.18. The molecule has 3 aromatic carbocycles. The molecule has 1 aliphatic heterocycles. The Morgan fingerprint density at radius 1 is 0.971 bits per heavy atom. The third kappa shape index (κ3) is 5.09. The molecule has 4 aromatic rings. The Balaban J connectivity index is 1.38. The van der Waals surface area contributed by atoms with Crippen molar-refractivity contribution in [1.82, 2.24) is 20.0 Å². The van der Waals surface area contributed by atoms with Crippen LogP contribution in [0.2, 0.25) is 0 Å². The Labute approximate surface area is 202 Å². The first-order chi connectivity index (χ1) is 16.9. The van der Waals surface area contributed by atoms with Crippen molar-refractivity contribution in [2.45, 2.75) is 30.6 Å². The number of nitrogens with zero attached hydrogens (tertiary/aromatic N) is 1. The van der Waals surface area contributed by atoms with Crippen LogP contribution in [0.25, 0.3) is 11.0 Å². The van der Waals surface area contributed by atoms with Crippen molar-refractivity contribution in [1.29, 1.82) is 0 Å².